The number of nitrogens with two attached hydrogens (primary N) is 1. The van der Waals surface area contributed by atoms with Crippen LogP contribution in [0.15, 0.2) is 36.8 Å². The molecule has 0 unspecified atom stereocenters. The van der Waals surface area contributed by atoms with Crippen molar-refractivity contribution in [2.45, 2.75) is 57.0 Å². The van der Waals surface area contributed by atoms with Gasteiger partial charge in [-0.25, -0.2) is 15.1 Å². The van der Waals surface area contributed by atoms with Gasteiger partial charge in [-0.3, -0.25) is 4.18 Å². The summed E-state index contributed by atoms with van der Waals surface area (Å²) in [5.41, 5.74) is 3.42. The van der Waals surface area contributed by atoms with E-state index in [0.29, 0.717) is 0 Å². The Morgan fingerprint density at radius 3 is 2.88 bits per heavy atom. The van der Waals surface area contributed by atoms with E-state index < -0.39 is 10.3 Å². The van der Waals surface area contributed by atoms with Gasteiger partial charge in [-0.2, -0.15) is 8.42 Å². The van der Waals surface area contributed by atoms with Crippen LogP contribution >= 0.6 is 11.6 Å². The second kappa shape index (κ2) is 8.23. The van der Waals surface area contributed by atoms with Crippen LogP contribution in [0.25, 0.3) is 11.0 Å². The molecule has 33 heavy (non-hydrogen) atoms. The standard InChI is InChI=1S/C23H28ClN5O3S/c1-23(2)11-20(17-6-4-15(24)10-19(17)23)28-21-18-7-8-29(22(18)27-13-26-21)16-5-3-14(9-16)12-32-33(25,30)31/h4,6-8,10,13-14,16,20H,3,5,9,11-12H2,1-2H3,(H2,25,30,31)(H,26,27,28)/t14-,16-,20-/m0/s1. The first-order valence-corrected chi connectivity index (χ1v) is 13.0. The highest BCUT2D eigenvalue weighted by molar-refractivity contribution is 7.84. The highest BCUT2D eigenvalue weighted by Gasteiger charge is 2.37. The molecule has 3 N–H and O–H groups in total. The summed E-state index contributed by atoms with van der Waals surface area (Å²) in [5, 5.41) is 10.4. The van der Waals surface area contributed by atoms with Gasteiger partial charge in [-0.05, 0) is 66.3 Å². The van der Waals surface area contributed by atoms with E-state index in [1.165, 1.54) is 11.1 Å². The molecule has 1 aromatic carbocycles. The van der Waals surface area contributed by atoms with E-state index in [4.69, 9.17) is 20.9 Å². The lowest BCUT2D eigenvalue weighted by Gasteiger charge is -2.20. The molecule has 8 nitrogen and oxygen atoms in total. The summed E-state index contributed by atoms with van der Waals surface area (Å²) in [5.74, 6) is 0.962. The van der Waals surface area contributed by atoms with Crippen LogP contribution in [0.5, 0.6) is 0 Å². The van der Waals surface area contributed by atoms with Gasteiger partial charge in [0.15, 0.2) is 0 Å². The first-order valence-electron chi connectivity index (χ1n) is 11.2. The van der Waals surface area contributed by atoms with Gasteiger partial charge in [0.2, 0.25) is 0 Å². The second-order valence-corrected chi connectivity index (χ2v) is 11.5. The van der Waals surface area contributed by atoms with Crippen LogP contribution in [-0.4, -0.2) is 29.6 Å². The van der Waals surface area contributed by atoms with E-state index in [2.05, 4.69) is 51.9 Å². The van der Waals surface area contributed by atoms with E-state index in [1.54, 1.807) is 6.33 Å². The van der Waals surface area contributed by atoms with Crippen molar-refractivity contribution in [1.29, 1.82) is 0 Å². The highest BCUT2D eigenvalue weighted by Crippen LogP contribution is 2.47. The Hall–Kier alpha value is -2.20. The maximum atomic E-state index is 11.1. The Labute approximate surface area is 198 Å². The molecule has 3 aromatic rings. The molecule has 2 aliphatic carbocycles. The first kappa shape index (κ1) is 22.6. The van der Waals surface area contributed by atoms with Gasteiger partial charge in [0.05, 0.1) is 18.0 Å². The predicted octanol–water partition coefficient (Wildman–Crippen LogP) is 4.48. The van der Waals surface area contributed by atoms with E-state index in [0.717, 1.165) is 47.6 Å². The van der Waals surface area contributed by atoms with Crippen LogP contribution in [0.1, 0.15) is 62.7 Å². The Morgan fingerprint density at radius 2 is 2.09 bits per heavy atom. The fourth-order valence-corrected chi connectivity index (χ4v) is 6.02. The first-order chi connectivity index (χ1) is 15.6. The highest BCUT2D eigenvalue weighted by atomic mass is 35.5. The number of halogens is 1. The van der Waals surface area contributed by atoms with Gasteiger partial charge in [-0.1, -0.05) is 31.5 Å². The van der Waals surface area contributed by atoms with Gasteiger partial charge in [0, 0.05) is 17.3 Å². The van der Waals surface area contributed by atoms with Gasteiger partial charge in [0.25, 0.3) is 0 Å². The zero-order valence-corrected chi connectivity index (χ0v) is 20.2. The summed E-state index contributed by atoms with van der Waals surface area (Å²) in [6.07, 6.45) is 7.22. The van der Waals surface area contributed by atoms with E-state index in [-0.39, 0.29) is 30.0 Å². The minimum atomic E-state index is -3.91. The van der Waals surface area contributed by atoms with Gasteiger partial charge < -0.3 is 9.88 Å². The summed E-state index contributed by atoms with van der Waals surface area (Å²) in [7, 11) is -3.91. The fourth-order valence-electron chi connectivity index (χ4n) is 5.47. The number of rotatable bonds is 6. The molecule has 2 aliphatic rings. The van der Waals surface area contributed by atoms with Crippen LogP contribution < -0.4 is 10.5 Å². The zero-order valence-electron chi connectivity index (χ0n) is 18.7. The lowest BCUT2D eigenvalue weighted by atomic mass is 9.86. The molecule has 0 amide bonds. The minimum Gasteiger partial charge on any atom is -0.363 e. The number of hydrogen-bond acceptors (Lipinski definition) is 6. The van der Waals surface area contributed by atoms with Gasteiger partial charge >= 0.3 is 10.3 Å². The summed E-state index contributed by atoms with van der Waals surface area (Å²) in [4.78, 5) is 9.12. The molecule has 176 valence electrons. The lowest BCUT2D eigenvalue weighted by molar-refractivity contribution is 0.253. The average molecular weight is 490 g/mol. The van der Waals surface area contributed by atoms with E-state index >= 15 is 0 Å². The summed E-state index contributed by atoms with van der Waals surface area (Å²) in [6.45, 7) is 4.61. The Kier molecular flexibility index (Phi) is 5.63. The largest absolute Gasteiger partial charge is 0.363 e. The van der Waals surface area contributed by atoms with Crippen molar-refractivity contribution < 1.29 is 12.6 Å². The topological polar surface area (TPSA) is 112 Å². The van der Waals surface area contributed by atoms with Crippen molar-refractivity contribution in [3.63, 3.8) is 0 Å². The van der Waals surface area contributed by atoms with E-state index in [9.17, 15) is 8.42 Å². The van der Waals surface area contributed by atoms with Crippen molar-refractivity contribution in [3.05, 3.63) is 52.9 Å². The molecule has 0 radical (unpaired) electrons. The fraction of sp³-hybridized carbons (Fsp3) is 0.478. The number of benzene rings is 1. The van der Waals surface area contributed by atoms with Crippen molar-refractivity contribution in [2.24, 2.45) is 11.1 Å². The van der Waals surface area contributed by atoms with Crippen molar-refractivity contribution in [1.82, 2.24) is 14.5 Å². The third-order valence-electron chi connectivity index (χ3n) is 7.03. The maximum Gasteiger partial charge on any atom is 0.333 e. The van der Waals surface area contributed by atoms with Crippen LogP contribution in [0.4, 0.5) is 5.82 Å². The molecule has 1 fully saturated rings. The SMILES string of the molecule is CC1(C)C[C@H](Nc2ncnc3c2ccn3[C@H]2CC[C@H](COS(N)(=O)=O)C2)c2ccc(Cl)cc21. The molecular weight excluding hydrogens is 462 g/mol. The maximum absolute atomic E-state index is 11.1. The Balaban J connectivity index is 1.37. The monoisotopic (exact) mass is 489 g/mol. The summed E-state index contributed by atoms with van der Waals surface area (Å²) < 4.78 is 29.2. The lowest BCUT2D eigenvalue weighted by Crippen LogP contribution is -2.19. The smallest absolute Gasteiger partial charge is 0.333 e. The van der Waals surface area contributed by atoms with E-state index in [1.807, 2.05) is 12.3 Å². The van der Waals surface area contributed by atoms with Crippen molar-refractivity contribution >= 4 is 38.8 Å². The average Bonchev–Trinajstić information content (AvgIpc) is 3.43. The van der Waals surface area contributed by atoms with Crippen LogP contribution in [-0.2, 0) is 19.9 Å². The van der Waals surface area contributed by atoms with Crippen molar-refractivity contribution in [2.75, 3.05) is 11.9 Å². The number of hydrogen-bond donors (Lipinski definition) is 2. The quantitative estimate of drug-likeness (QED) is 0.528. The molecule has 3 atom stereocenters. The normalized spacial score (nSPS) is 24.3. The number of nitrogens with zero attached hydrogens (tertiary/aromatic N) is 3. The van der Waals surface area contributed by atoms with Crippen LogP contribution in [0.3, 0.4) is 0 Å². The molecule has 10 heteroatoms. The Morgan fingerprint density at radius 1 is 1.27 bits per heavy atom. The number of aromatic nitrogens is 3. The number of anilines is 1. The second-order valence-electron chi connectivity index (χ2n) is 9.81. The zero-order chi connectivity index (χ0) is 23.4. The third-order valence-corrected chi connectivity index (χ3v) is 7.73. The van der Waals surface area contributed by atoms with Gasteiger partial charge in [0.1, 0.15) is 17.8 Å². The molecular formula is C23H28ClN5O3S. The molecule has 5 rings (SSSR count). The third kappa shape index (κ3) is 4.47. The molecule has 0 bridgehead atoms. The molecule has 0 saturated heterocycles. The van der Waals surface area contributed by atoms with Crippen LogP contribution in [0, 0.1) is 5.92 Å². The number of nitrogens with one attached hydrogen (secondary N) is 1. The minimum absolute atomic E-state index is 0.0217. The molecule has 0 spiro atoms. The molecule has 1 saturated carbocycles. The van der Waals surface area contributed by atoms with Crippen LogP contribution in [0.2, 0.25) is 5.02 Å². The summed E-state index contributed by atoms with van der Waals surface area (Å²) in [6, 6.07) is 8.54. The Bertz CT molecular complexity index is 1310. The summed E-state index contributed by atoms with van der Waals surface area (Å²) >= 11 is 6.27. The predicted molar refractivity (Wildman–Crippen MR) is 128 cm³/mol. The molecule has 2 heterocycles. The molecule has 2 aromatic heterocycles. The van der Waals surface area contributed by atoms with Gasteiger partial charge in [-0.15, -0.1) is 0 Å². The van der Waals surface area contributed by atoms with Crippen molar-refractivity contribution in [3.8, 4) is 0 Å². The molecule has 0 aliphatic heterocycles. The number of fused-ring (bicyclic) bond motifs is 2.